The summed E-state index contributed by atoms with van der Waals surface area (Å²) in [5.74, 6) is 0.832. The van der Waals surface area contributed by atoms with Crippen LogP contribution in [0.4, 0.5) is 10.2 Å². The van der Waals surface area contributed by atoms with E-state index < -0.39 is 6.10 Å². The molecule has 0 radical (unpaired) electrons. The summed E-state index contributed by atoms with van der Waals surface area (Å²) in [4.78, 5) is 20.2. The summed E-state index contributed by atoms with van der Waals surface area (Å²) in [5.41, 5.74) is 7.10. The fraction of sp³-hybridized carbons (Fsp3) is 0.267. The molecule has 1 aromatic carbocycles. The minimum Gasteiger partial charge on any atom is -0.480 e. The zero-order chi connectivity index (χ0) is 15.7. The molecule has 1 aliphatic rings. The number of benzene rings is 1. The molecule has 1 atom stereocenters. The minimum absolute atomic E-state index is 0.218. The number of nitrogens with one attached hydrogen (secondary N) is 1. The van der Waals surface area contributed by atoms with E-state index in [4.69, 9.17) is 10.5 Å². The van der Waals surface area contributed by atoms with Crippen LogP contribution >= 0.6 is 0 Å². The number of nitrogen functional groups attached to an aromatic ring is 1. The zero-order valence-corrected chi connectivity index (χ0v) is 12.0. The lowest BCUT2D eigenvalue weighted by Crippen LogP contribution is -2.37. The Morgan fingerprint density at radius 2 is 2.36 bits per heavy atom. The van der Waals surface area contributed by atoms with Gasteiger partial charge in [0.2, 0.25) is 0 Å². The molecule has 0 bridgehead atoms. The molecule has 0 unspecified atom stereocenters. The number of anilines is 1. The molecule has 3 rings (SSSR count). The second-order valence-corrected chi connectivity index (χ2v) is 5.11. The van der Waals surface area contributed by atoms with Gasteiger partial charge in [0.25, 0.3) is 5.91 Å². The van der Waals surface area contributed by atoms with E-state index in [-0.39, 0.29) is 18.3 Å². The summed E-state index contributed by atoms with van der Waals surface area (Å²) >= 11 is 0. The first-order chi connectivity index (χ1) is 10.5. The van der Waals surface area contributed by atoms with Crippen molar-refractivity contribution in [2.45, 2.75) is 26.0 Å². The summed E-state index contributed by atoms with van der Waals surface area (Å²) < 4.78 is 18.7. The highest BCUT2D eigenvalue weighted by atomic mass is 19.1. The first-order valence-corrected chi connectivity index (χ1v) is 6.83. The predicted molar refractivity (Wildman–Crippen MR) is 77.5 cm³/mol. The second kappa shape index (κ2) is 5.59. The number of aromatic nitrogens is 2. The van der Waals surface area contributed by atoms with Gasteiger partial charge in [0, 0.05) is 30.3 Å². The van der Waals surface area contributed by atoms with Crippen LogP contribution in [-0.4, -0.2) is 22.0 Å². The highest BCUT2D eigenvalue weighted by Gasteiger charge is 2.29. The molecule has 7 heteroatoms. The summed E-state index contributed by atoms with van der Waals surface area (Å²) in [6, 6.07) is 4.22. The van der Waals surface area contributed by atoms with Crippen molar-refractivity contribution < 1.29 is 13.9 Å². The number of fused-ring (bicyclic) bond motifs is 1. The number of aryl methyl sites for hydroxylation is 1. The summed E-state index contributed by atoms with van der Waals surface area (Å²) in [6.07, 6.45) is 1.26. The van der Waals surface area contributed by atoms with Crippen LogP contribution in [0.25, 0.3) is 0 Å². The van der Waals surface area contributed by atoms with Crippen LogP contribution in [0.5, 0.6) is 5.75 Å². The number of nitrogens with zero attached hydrogens (tertiary/aromatic N) is 2. The Morgan fingerprint density at radius 3 is 3.14 bits per heavy atom. The zero-order valence-electron chi connectivity index (χ0n) is 12.0. The van der Waals surface area contributed by atoms with Crippen molar-refractivity contribution in [3.63, 3.8) is 0 Å². The van der Waals surface area contributed by atoms with Gasteiger partial charge in [0.1, 0.15) is 23.2 Å². The normalized spacial score (nSPS) is 16.0. The Kier molecular flexibility index (Phi) is 3.62. The molecule has 6 nitrogen and oxygen atoms in total. The van der Waals surface area contributed by atoms with Crippen molar-refractivity contribution in [1.29, 1.82) is 0 Å². The van der Waals surface area contributed by atoms with Crippen LogP contribution in [0.15, 0.2) is 24.4 Å². The second-order valence-electron chi connectivity index (χ2n) is 5.11. The maximum Gasteiger partial charge on any atom is 0.261 e. The van der Waals surface area contributed by atoms with Crippen LogP contribution in [0.1, 0.15) is 17.0 Å². The number of carbonyl (C=O) groups excluding carboxylic acids is 1. The Labute approximate surface area is 126 Å². The number of ether oxygens (including phenoxy) is 1. The van der Waals surface area contributed by atoms with E-state index in [9.17, 15) is 9.18 Å². The van der Waals surface area contributed by atoms with Crippen molar-refractivity contribution in [3.05, 3.63) is 47.2 Å². The maximum atomic E-state index is 13.2. The Balaban J connectivity index is 1.62. The van der Waals surface area contributed by atoms with Crippen LogP contribution < -0.4 is 15.8 Å². The first-order valence-electron chi connectivity index (χ1n) is 6.83. The largest absolute Gasteiger partial charge is 0.480 e. The molecule has 0 aliphatic carbocycles. The average molecular weight is 302 g/mol. The van der Waals surface area contributed by atoms with E-state index in [1.165, 1.54) is 18.2 Å². The topological polar surface area (TPSA) is 90.1 Å². The quantitative estimate of drug-likeness (QED) is 0.887. The first kappa shape index (κ1) is 14.2. The van der Waals surface area contributed by atoms with E-state index in [0.29, 0.717) is 34.9 Å². The van der Waals surface area contributed by atoms with Gasteiger partial charge in [-0.1, -0.05) is 0 Å². The Hall–Kier alpha value is -2.70. The van der Waals surface area contributed by atoms with E-state index in [0.717, 1.165) is 0 Å². The summed E-state index contributed by atoms with van der Waals surface area (Å²) in [5, 5.41) is 2.73. The molecule has 1 aliphatic heterocycles. The van der Waals surface area contributed by atoms with Crippen LogP contribution in [0.3, 0.4) is 0 Å². The van der Waals surface area contributed by atoms with E-state index in [1.807, 2.05) is 0 Å². The third kappa shape index (κ3) is 2.83. The number of carbonyl (C=O) groups is 1. The molecule has 114 valence electrons. The van der Waals surface area contributed by atoms with Gasteiger partial charge in [0.15, 0.2) is 6.10 Å². The minimum atomic E-state index is -0.663. The molecule has 2 heterocycles. The fourth-order valence-corrected chi connectivity index (χ4v) is 2.31. The average Bonchev–Trinajstić information content (AvgIpc) is 2.89. The van der Waals surface area contributed by atoms with E-state index >= 15 is 0 Å². The van der Waals surface area contributed by atoms with E-state index in [2.05, 4.69) is 15.3 Å². The van der Waals surface area contributed by atoms with Crippen molar-refractivity contribution in [2.24, 2.45) is 0 Å². The monoisotopic (exact) mass is 302 g/mol. The SMILES string of the molecule is Cc1ncc(CNC(=O)[C@H]2Cc3cc(F)ccc3O2)c(N)n1. The highest BCUT2D eigenvalue weighted by molar-refractivity contribution is 5.82. The van der Waals surface area contributed by atoms with Crippen LogP contribution in [-0.2, 0) is 17.8 Å². The van der Waals surface area contributed by atoms with Gasteiger partial charge in [0.05, 0.1) is 0 Å². The van der Waals surface area contributed by atoms with Crippen LogP contribution in [0.2, 0.25) is 0 Å². The molecular weight excluding hydrogens is 287 g/mol. The lowest BCUT2D eigenvalue weighted by atomic mass is 10.1. The predicted octanol–water partition coefficient (Wildman–Crippen LogP) is 1.13. The maximum absolute atomic E-state index is 13.2. The molecule has 22 heavy (non-hydrogen) atoms. The molecular formula is C15H15FN4O2. The van der Waals surface area contributed by atoms with Gasteiger partial charge >= 0.3 is 0 Å². The van der Waals surface area contributed by atoms with Crippen LogP contribution in [0, 0.1) is 12.7 Å². The molecule has 2 aromatic rings. The summed E-state index contributed by atoms with van der Waals surface area (Å²) in [6.45, 7) is 1.96. The van der Waals surface area contributed by atoms with E-state index in [1.54, 1.807) is 13.1 Å². The number of halogens is 1. The van der Waals surface area contributed by atoms with Crippen molar-refractivity contribution in [3.8, 4) is 5.75 Å². The van der Waals surface area contributed by atoms with Gasteiger partial charge in [-0.3, -0.25) is 4.79 Å². The third-order valence-corrected chi connectivity index (χ3v) is 3.46. The highest BCUT2D eigenvalue weighted by Crippen LogP contribution is 2.29. The van der Waals surface area contributed by atoms with Gasteiger partial charge in [-0.15, -0.1) is 0 Å². The third-order valence-electron chi connectivity index (χ3n) is 3.46. The van der Waals surface area contributed by atoms with Crippen molar-refractivity contribution in [2.75, 3.05) is 5.73 Å². The molecule has 1 amide bonds. The molecule has 3 N–H and O–H groups in total. The molecule has 0 saturated heterocycles. The number of hydrogen-bond donors (Lipinski definition) is 2. The lowest BCUT2D eigenvalue weighted by Gasteiger charge is -2.12. The Bertz CT molecular complexity index is 735. The number of amides is 1. The molecule has 0 saturated carbocycles. The summed E-state index contributed by atoms with van der Waals surface area (Å²) in [7, 11) is 0. The molecule has 0 fully saturated rings. The van der Waals surface area contributed by atoms with Gasteiger partial charge in [-0.25, -0.2) is 14.4 Å². The lowest BCUT2D eigenvalue weighted by molar-refractivity contribution is -0.127. The standard InChI is InChI=1S/C15H15FN4O2/c1-8-18-6-10(14(17)20-8)7-19-15(21)13-5-9-4-11(16)2-3-12(9)22-13/h2-4,6,13H,5,7H2,1H3,(H,19,21)(H2,17,18,20)/t13-/m1/s1. The smallest absolute Gasteiger partial charge is 0.261 e. The fourth-order valence-electron chi connectivity index (χ4n) is 2.31. The van der Waals surface area contributed by atoms with Crippen molar-refractivity contribution >= 4 is 11.7 Å². The number of rotatable bonds is 3. The number of nitrogens with two attached hydrogens (primary N) is 1. The molecule has 0 spiro atoms. The Morgan fingerprint density at radius 1 is 1.55 bits per heavy atom. The molecule has 1 aromatic heterocycles. The van der Waals surface area contributed by atoms with Gasteiger partial charge in [-0.05, 0) is 25.1 Å². The van der Waals surface area contributed by atoms with Crippen molar-refractivity contribution in [1.82, 2.24) is 15.3 Å². The van der Waals surface area contributed by atoms with Gasteiger partial charge in [-0.2, -0.15) is 0 Å². The van der Waals surface area contributed by atoms with Gasteiger partial charge < -0.3 is 15.8 Å². The number of hydrogen-bond acceptors (Lipinski definition) is 5.